The van der Waals surface area contributed by atoms with E-state index in [9.17, 15) is 0 Å². The number of hydrogen-bond donors (Lipinski definition) is 0. The highest BCUT2D eigenvalue weighted by Crippen LogP contribution is 2.24. The molecule has 3 rings (SSSR count). The molecule has 0 aliphatic rings. The number of hydrogen-bond acceptors (Lipinski definition) is 1. The van der Waals surface area contributed by atoms with Gasteiger partial charge in [0.1, 0.15) is 0 Å². The Bertz CT molecular complexity index is 875. The maximum atomic E-state index is 5.95. The summed E-state index contributed by atoms with van der Waals surface area (Å²) in [6.07, 6.45) is 8.54. The van der Waals surface area contributed by atoms with E-state index in [-0.39, 0.29) is 0 Å². The molecule has 0 heterocycles. The van der Waals surface area contributed by atoms with Crippen molar-refractivity contribution in [2.75, 3.05) is 0 Å². The summed E-state index contributed by atoms with van der Waals surface area (Å²) in [4.78, 5) is 4.58. The van der Waals surface area contributed by atoms with Crippen molar-refractivity contribution in [1.82, 2.24) is 0 Å². The number of rotatable bonds is 8. The highest BCUT2D eigenvalue weighted by Gasteiger charge is 1.98. The Morgan fingerprint density at radius 1 is 0.778 bits per heavy atom. The van der Waals surface area contributed by atoms with Crippen LogP contribution in [0.2, 0.25) is 5.02 Å². The van der Waals surface area contributed by atoms with Gasteiger partial charge in [0.2, 0.25) is 0 Å². The Balaban J connectivity index is 1.58. The van der Waals surface area contributed by atoms with Crippen LogP contribution in [0.1, 0.15) is 30.4 Å². The normalized spacial score (nSPS) is 11.0. The van der Waals surface area contributed by atoms with E-state index >= 15 is 0 Å². The molecule has 0 atom stereocenters. The van der Waals surface area contributed by atoms with Crippen LogP contribution in [0, 0.1) is 0 Å². The largest absolute Gasteiger partial charge is 0.256 e. The first-order valence-corrected chi connectivity index (χ1v) is 9.72. The fourth-order valence-electron chi connectivity index (χ4n) is 2.92. The Kier molecular flexibility index (Phi) is 7.01. The molecule has 0 radical (unpaired) electrons. The van der Waals surface area contributed by atoms with Crippen LogP contribution in [0.3, 0.4) is 0 Å². The molecule has 0 N–H and O–H groups in total. The first kappa shape index (κ1) is 19.1. The van der Waals surface area contributed by atoms with Gasteiger partial charge in [-0.25, -0.2) is 0 Å². The van der Waals surface area contributed by atoms with Crippen molar-refractivity contribution >= 4 is 23.5 Å². The molecular formula is C25H24ClN. The topological polar surface area (TPSA) is 12.4 Å². The van der Waals surface area contributed by atoms with Crippen LogP contribution in [0.5, 0.6) is 0 Å². The number of benzene rings is 3. The summed E-state index contributed by atoms with van der Waals surface area (Å²) in [6, 6.07) is 24.8. The molecule has 0 amide bonds. The molecule has 0 spiro atoms. The summed E-state index contributed by atoms with van der Waals surface area (Å²) in [5.41, 5.74) is 5.75. The zero-order chi connectivity index (χ0) is 18.9. The molecule has 0 unspecified atom stereocenters. The predicted molar refractivity (Wildman–Crippen MR) is 118 cm³/mol. The summed E-state index contributed by atoms with van der Waals surface area (Å²) in [6.45, 7) is 3.77. The average Bonchev–Trinajstić information content (AvgIpc) is 2.72. The second kappa shape index (κ2) is 9.89. The van der Waals surface area contributed by atoms with E-state index in [2.05, 4.69) is 48.0 Å². The molecule has 1 nitrogen and oxygen atoms in total. The molecule has 0 saturated heterocycles. The standard InChI is InChI=1S/C25H24ClN/c1-2-3-4-5-6-20-7-9-21(10-8-20)19-27-25-17-13-23(14-18-25)22-11-15-24(26)16-12-22/h2,7-19H,1,3-6H2. The Morgan fingerprint density at radius 2 is 1.41 bits per heavy atom. The zero-order valence-electron chi connectivity index (χ0n) is 15.4. The minimum Gasteiger partial charge on any atom is -0.256 e. The molecule has 3 aromatic rings. The third kappa shape index (κ3) is 5.94. The lowest BCUT2D eigenvalue weighted by molar-refractivity contribution is 0.748. The Morgan fingerprint density at radius 3 is 2.04 bits per heavy atom. The van der Waals surface area contributed by atoms with Crippen molar-refractivity contribution in [1.29, 1.82) is 0 Å². The number of allylic oxidation sites excluding steroid dienone is 1. The van der Waals surface area contributed by atoms with Gasteiger partial charge in [0.05, 0.1) is 5.69 Å². The van der Waals surface area contributed by atoms with Gasteiger partial charge in [-0.05, 0) is 72.2 Å². The van der Waals surface area contributed by atoms with Gasteiger partial charge < -0.3 is 0 Å². The minimum atomic E-state index is 0.753. The van der Waals surface area contributed by atoms with Gasteiger partial charge in [0, 0.05) is 11.2 Å². The molecule has 0 bridgehead atoms. The molecule has 27 heavy (non-hydrogen) atoms. The van der Waals surface area contributed by atoms with E-state index < -0.39 is 0 Å². The third-order valence-electron chi connectivity index (χ3n) is 4.51. The van der Waals surface area contributed by atoms with Crippen LogP contribution < -0.4 is 0 Å². The lowest BCUT2D eigenvalue weighted by Gasteiger charge is -2.03. The first-order valence-electron chi connectivity index (χ1n) is 9.34. The van der Waals surface area contributed by atoms with Crippen LogP contribution in [-0.2, 0) is 6.42 Å². The molecule has 0 aliphatic carbocycles. The number of nitrogens with zero attached hydrogens (tertiary/aromatic N) is 1. The van der Waals surface area contributed by atoms with E-state index in [1.54, 1.807) is 0 Å². The van der Waals surface area contributed by atoms with Gasteiger partial charge in [-0.1, -0.05) is 66.2 Å². The Hall–Kier alpha value is -2.64. The van der Waals surface area contributed by atoms with Crippen molar-refractivity contribution in [2.24, 2.45) is 4.99 Å². The van der Waals surface area contributed by atoms with Crippen LogP contribution in [0.15, 0.2) is 90.4 Å². The van der Waals surface area contributed by atoms with Crippen molar-refractivity contribution in [2.45, 2.75) is 25.7 Å². The van der Waals surface area contributed by atoms with Gasteiger partial charge in [-0.2, -0.15) is 0 Å². The summed E-state index contributed by atoms with van der Waals surface area (Å²) in [7, 11) is 0. The molecule has 0 aromatic heterocycles. The van der Waals surface area contributed by atoms with E-state index in [0.717, 1.165) is 40.2 Å². The first-order chi connectivity index (χ1) is 13.2. The van der Waals surface area contributed by atoms with Crippen molar-refractivity contribution in [3.63, 3.8) is 0 Å². The number of aryl methyl sites for hydroxylation is 1. The van der Waals surface area contributed by atoms with Crippen LogP contribution in [0.25, 0.3) is 11.1 Å². The quantitative estimate of drug-likeness (QED) is 0.218. The second-order valence-electron chi connectivity index (χ2n) is 6.59. The van der Waals surface area contributed by atoms with Crippen LogP contribution >= 0.6 is 11.6 Å². The van der Waals surface area contributed by atoms with Crippen LogP contribution in [0.4, 0.5) is 5.69 Å². The minimum absolute atomic E-state index is 0.753. The summed E-state index contributed by atoms with van der Waals surface area (Å²) >= 11 is 5.95. The van der Waals surface area contributed by atoms with Crippen molar-refractivity contribution in [3.05, 3.63) is 102 Å². The van der Waals surface area contributed by atoms with Crippen LogP contribution in [-0.4, -0.2) is 6.21 Å². The maximum Gasteiger partial charge on any atom is 0.0630 e. The lowest BCUT2D eigenvalue weighted by atomic mass is 10.1. The molecular weight excluding hydrogens is 350 g/mol. The number of aliphatic imine (C=N–C) groups is 1. The van der Waals surface area contributed by atoms with E-state index in [0.29, 0.717) is 0 Å². The average molecular weight is 374 g/mol. The molecule has 0 fully saturated rings. The monoisotopic (exact) mass is 373 g/mol. The highest BCUT2D eigenvalue weighted by atomic mass is 35.5. The number of halogens is 1. The molecule has 2 heteroatoms. The molecule has 0 saturated carbocycles. The van der Waals surface area contributed by atoms with Gasteiger partial charge in [-0.15, -0.1) is 6.58 Å². The zero-order valence-corrected chi connectivity index (χ0v) is 16.2. The summed E-state index contributed by atoms with van der Waals surface area (Å²) in [5.74, 6) is 0. The van der Waals surface area contributed by atoms with E-state index in [1.165, 1.54) is 18.4 Å². The SMILES string of the molecule is C=CCCCCc1ccc(C=Nc2ccc(-c3ccc(Cl)cc3)cc2)cc1. The summed E-state index contributed by atoms with van der Waals surface area (Å²) < 4.78 is 0. The predicted octanol–water partition coefficient (Wildman–Crippen LogP) is 7.66. The molecule has 3 aromatic carbocycles. The second-order valence-corrected chi connectivity index (χ2v) is 7.02. The van der Waals surface area contributed by atoms with Gasteiger partial charge in [0.15, 0.2) is 0 Å². The fraction of sp³-hybridized carbons (Fsp3) is 0.160. The maximum absolute atomic E-state index is 5.95. The van der Waals surface area contributed by atoms with Gasteiger partial charge in [-0.3, -0.25) is 4.99 Å². The van der Waals surface area contributed by atoms with Gasteiger partial charge in [0.25, 0.3) is 0 Å². The highest BCUT2D eigenvalue weighted by molar-refractivity contribution is 6.30. The third-order valence-corrected chi connectivity index (χ3v) is 4.76. The molecule has 0 aliphatic heterocycles. The molecule has 136 valence electrons. The van der Waals surface area contributed by atoms with E-state index in [1.807, 2.05) is 48.7 Å². The Labute approximate surface area is 167 Å². The van der Waals surface area contributed by atoms with Gasteiger partial charge >= 0.3 is 0 Å². The smallest absolute Gasteiger partial charge is 0.0630 e. The lowest BCUT2D eigenvalue weighted by Crippen LogP contribution is -1.87. The van der Waals surface area contributed by atoms with E-state index in [4.69, 9.17) is 11.6 Å². The summed E-state index contributed by atoms with van der Waals surface area (Å²) in [5, 5.41) is 0.753. The van der Waals surface area contributed by atoms with Crippen molar-refractivity contribution in [3.8, 4) is 11.1 Å². The van der Waals surface area contributed by atoms with Crippen molar-refractivity contribution < 1.29 is 0 Å². The fourth-order valence-corrected chi connectivity index (χ4v) is 3.05. The number of unbranched alkanes of at least 4 members (excludes halogenated alkanes) is 2.